The van der Waals surface area contributed by atoms with E-state index in [1.807, 2.05) is 18.2 Å². The number of rotatable bonds is 5. The number of nitrogens with one attached hydrogen (secondary N) is 1. The Balaban J connectivity index is 1.77. The van der Waals surface area contributed by atoms with E-state index in [-0.39, 0.29) is 5.91 Å². The third kappa shape index (κ3) is 3.80. The second kappa shape index (κ2) is 7.74. The molecule has 0 aromatic heterocycles. The lowest BCUT2D eigenvalue weighted by molar-refractivity contribution is 0.0827. The Labute approximate surface area is 157 Å². The van der Waals surface area contributed by atoms with E-state index in [2.05, 4.69) is 5.32 Å². The number of benzene rings is 2. The van der Waals surface area contributed by atoms with Crippen molar-refractivity contribution in [3.63, 3.8) is 0 Å². The first-order valence-corrected chi connectivity index (χ1v) is 8.59. The molecule has 0 fully saturated rings. The van der Waals surface area contributed by atoms with Crippen LogP contribution in [0.2, 0.25) is 5.02 Å². The Morgan fingerprint density at radius 2 is 2.00 bits per heavy atom. The highest BCUT2D eigenvalue weighted by molar-refractivity contribution is 6.32. The van der Waals surface area contributed by atoms with Crippen LogP contribution < -0.4 is 19.5 Å². The van der Waals surface area contributed by atoms with Crippen LogP contribution in [0.4, 0.5) is 5.69 Å². The van der Waals surface area contributed by atoms with Crippen LogP contribution >= 0.6 is 11.6 Å². The minimum atomic E-state index is -0.0755. The summed E-state index contributed by atoms with van der Waals surface area (Å²) in [7, 11) is 5.00. The molecule has 0 aliphatic carbocycles. The number of methoxy groups -OCH3 is 1. The van der Waals surface area contributed by atoms with Crippen LogP contribution in [0.5, 0.6) is 17.2 Å². The van der Waals surface area contributed by atoms with E-state index in [9.17, 15) is 4.79 Å². The van der Waals surface area contributed by atoms with Gasteiger partial charge in [0.2, 0.25) is 0 Å². The van der Waals surface area contributed by atoms with Crippen LogP contribution in [0.1, 0.15) is 15.9 Å². The Bertz CT molecular complexity index is 823. The molecular formula is C19H21ClN2O4. The van der Waals surface area contributed by atoms with E-state index in [4.69, 9.17) is 25.8 Å². The van der Waals surface area contributed by atoms with Crippen LogP contribution in [0.3, 0.4) is 0 Å². The van der Waals surface area contributed by atoms with Crippen molar-refractivity contribution < 1.29 is 19.0 Å². The molecule has 1 aliphatic heterocycles. The van der Waals surface area contributed by atoms with Crippen molar-refractivity contribution in [1.82, 2.24) is 4.90 Å². The van der Waals surface area contributed by atoms with Crippen LogP contribution in [0.15, 0.2) is 30.3 Å². The summed E-state index contributed by atoms with van der Waals surface area (Å²) in [6, 6.07) is 9.07. The second-order valence-electron chi connectivity index (χ2n) is 6.07. The molecule has 7 heteroatoms. The van der Waals surface area contributed by atoms with Crippen molar-refractivity contribution in [3.8, 4) is 17.2 Å². The number of fused-ring (bicyclic) bond motifs is 1. The maximum atomic E-state index is 12.1. The molecule has 0 spiro atoms. The van der Waals surface area contributed by atoms with Crippen LogP contribution in [-0.4, -0.2) is 45.2 Å². The fourth-order valence-corrected chi connectivity index (χ4v) is 2.98. The fourth-order valence-electron chi connectivity index (χ4n) is 2.69. The standard InChI is InChI=1S/C19H21ClN2O4/c1-22(2)19(23)13-4-5-15(16(10-13)24-3)21-11-12-8-14(20)18-17(9-12)25-6-7-26-18/h4-5,8-10,21H,6-7,11H2,1-3H3. The van der Waals surface area contributed by atoms with E-state index < -0.39 is 0 Å². The topological polar surface area (TPSA) is 60.0 Å². The van der Waals surface area contributed by atoms with Crippen molar-refractivity contribution >= 4 is 23.2 Å². The number of halogens is 1. The molecule has 0 atom stereocenters. The third-order valence-corrected chi connectivity index (χ3v) is 4.27. The fraction of sp³-hybridized carbons (Fsp3) is 0.316. The van der Waals surface area contributed by atoms with Crippen molar-refractivity contribution in [2.75, 3.05) is 39.7 Å². The molecule has 3 rings (SSSR count). The minimum Gasteiger partial charge on any atom is -0.495 e. The number of carbonyl (C=O) groups is 1. The normalized spacial score (nSPS) is 12.5. The summed E-state index contributed by atoms with van der Waals surface area (Å²) in [5, 5.41) is 3.83. The lowest BCUT2D eigenvalue weighted by Gasteiger charge is -2.20. The molecule has 0 radical (unpaired) electrons. The van der Waals surface area contributed by atoms with Gasteiger partial charge in [-0.25, -0.2) is 0 Å². The lowest BCUT2D eigenvalue weighted by Crippen LogP contribution is -2.21. The Morgan fingerprint density at radius 1 is 1.23 bits per heavy atom. The third-order valence-electron chi connectivity index (χ3n) is 3.99. The zero-order valence-electron chi connectivity index (χ0n) is 15.0. The number of hydrogen-bond donors (Lipinski definition) is 1. The molecule has 0 saturated heterocycles. The summed E-state index contributed by atoms with van der Waals surface area (Å²) < 4.78 is 16.5. The van der Waals surface area contributed by atoms with Crippen LogP contribution in [0, 0.1) is 0 Å². The van der Waals surface area contributed by atoms with E-state index in [1.54, 1.807) is 33.3 Å². The smallest absolute Gasteiger partial charge is 0.253 e. The number of hydrogen-bond acceptors (Lipinski definition) is 5. The zero-order valence-corrected chi connectivity index (χ0v) is 15.7. The number of anilines is 1. The number of nitrogens with zero attached hydrogens (tertiary/aromatic N) is 1. The first-order valence-electron chi connectivity index (χ1n) is 8.21. The summed E-state index contributed by atoms with van der Waals surface area (Å²) in [6.45, 7) is 1.53. The predicted octanol–water partition coefficient (Wildman–Crippen LogP) is 3.43. The molecule has 138 valence electrons. The molecule has 0 saturated carbocycles. The number of ether oxygens (including phenoxy) is 3. The van der Waals surface area contributed by atoms with Gasteiger partial charge in [-0.2, -0.15) is 0 Å². The summed E-state index contributed by atoms with van der Waals surface area (Å²) in [5.41, 5.74) is 2.31. The van der Waals surface area contributed by atoms with Gasteiger partial charge in [0.05, 0.1) is 17.8 Å². The SMILES string of the molecule is COc1cc(C(=O)N(C)C)ccc1NCc1cc(Cl)c2c(c1)OCCO2. The molecule has 26 heavy (non-hydrogen) atoms. The summed E-state index contributed by atoms with van der Waals surface area (Å²) in [5.74, 6) is 1.76. The first-order chi connectivity index (χ1) is 12.5. The predicted molar refractivity (Wildman–Crippen MR) is 101 cm³/mol. The number of amides is 1. The van der Waals surface area contributed by atoms with Gasteiger partial charge < -0.3 is 24.4 Å². The molecule has 1 amide bonds. The van der Waals surface area contributed by atoms with Gasteiger partial charge in [-0.3, -0.25) is 4.79 Å². The van der Waals surface area contributed by atoms with Crippen LogP contribution in [-0.2, 0) is 6.54 Å². The van der Waals surface area contributed by atoms with Crippen molar-refractivity contribution in [2.24, 2.45) is 0 Å². The Morgan fingerprint density at radius 3 is 2.73 bits per heavy atom. The van der Waals surface area contributed by atoms with E-state index in [1.165, 1.54) is 4.90 Å². The van der Waals surface area contributed by atoms with Gasteiger partial charge >= 0.3 is 0 Å². The maximum Gasteiger partial charge on any atom is 0.253 e. The van der Waals surface area contributed by atoms with Gasteiger partial charge in [-0.15, -0.1) is 0 Å². The molecule has 1 N–H and O–H groups in total. The molecule has 2 aromatic carbocycles. The highest BCUT2D eigenvalue weighted by Gasteiger charge is 2.17. The van der Waals surface area contributed by atoms with Crippen molar-refractivity contribution in [3.05, 3.63) is 46.5 Å². The lowest BCUT2D eigenvalue weighted by atomic mass is 10.1. The molecule has 0 bridgehead atoms. The average molecular weight is 377 g/mol. The molecule has 1 heterocycles. The molecule has 2 aromatic rings. The van der Waals surface area contributed by atoms with Crippen LogP contribution in [0.25, 0.3) is 0 Å². The monoisotopic (exact) mass is 376 g/mol. The van der Waals surface area contributed by atoms with E-state index >= 15 is 0 Å². The van der Waals surface area contributed by atoms with Gasteiger partial charge in [0, 0.05) is 26.2 Å². The molecule has 0 unspecified atom stereocenters. The maximum absolute atomic E-state index is 12.1. The van der Waals surface area contributed by atoms with Crippen molar-refractivity contribution in [1.29, 1.82) is 0 Å². The van der Waals surface area contributed by atoms with Gasteiger partial charge in [0.15, 0.2) is 11.5 Å². The van der Waals surface area contributed by atoms with Gasteiger partial charge in [-0.1, -0.05) is 11.6 Å². The molecule has 6 nitrogen and oxygen atoms in total. The van der Waals surface area contributed by atoms with Gasteiger partial charge in [0.25, 0.3) is 5.91 Å². The second-order valence-corrected chi connectivity index (χ2v) is 6.48. The largest absolute Gasteiger partial charge is 0.495 e. The highest BCUT2D eigenvalue weighted by atomic mass is 35.5. The summed E-state index contributed by atoms with van der Waals surface area (Å²) in [4.78, 5) is 13.6. The minimum absolute atomic E-state index is 0.0755. The highest BCUT2D eigenvalue weighted by Crippen LogP contribution is 2.38. The average Bonchev–Trinajstić information content (AvgIpc) is 2.65. The van der Waals surface area contributed by atoms with Crippen molar-refractivity contribution in [2.45, 2.75) is 6.54 Å². The van der Waals surface area contributed by atoms with Gasteiger partial charge in [0.1, 0.15) is 19.0 Å². The summed E-state index contributed by atoms with van der Waals surface area (Å²) >= 11 is 6.27. The van der Waals surface area contributed by atoms with E-state index in [0.29, 0.717) is 47.6 Å². The molecule has 1 aliphatic rings. The first kappa shape index (κ1) is 18.2. The Kier molecular flexibility index (Phi) is 5.42. The quantitative estimate of drug-likeness (QED) is 0.866. The van der Waals surface area contributed by atoms with Gasteiger partial charge in [-0.05, 0) is 35.9 Å². The Hall–Kier alpha value is -2.60. The summed E-state index contributed by atoms with van der Waals surface area (Å²) in [6.07, 6.45) is 0. The number of carbonyl (C=O) groups excluding carboxylic acids is 1. The molecular weight excluding hydrogens is 356 g/mol. The zero-order chi connectivity index (χ0) is 18.7. The van der Waals surface area contributed by atoms with E-state index in [0.717, 1.165) is 11.3 Å².